The summed E-state index contributed by atoms with van der Waals surface area (Å²) in [6.07, 6.45) is 4.50. The number of hydrogen-bond donors (Lipinski definition) is 1. The largest absolute Gasteiger partial charge is 0.416 e. The van der Waals surface area contributed by atoms with Gasteiger partial charge < -0.3 is 14.3 Å². The number of aryl methyl sites for hydroxylation is 1. The summed E-state index contributed by atoms with van der Waals surface area (Å²) in [6, 6.07) is 8.16. The predicted molar refractivity (Wildman–Crippen MR) is 103 cm³/mol. The molecule has 0 aliphatic heterocycles. The van der Waals surface area contributed by atoms with Crippen molar-refractivity contribution in [2.24, 2.45) is 0 Å². The Labute approximate surface area is 162 Å². The first-order chi connectivity index (χ1) is 13.5. The number of carbonyl (C=O) groups excluding carboxylic acids is 1. The fraction of sp³-hybridized carbons (Fsp3) is 0.381. The van der Waals surface area contributed by atoms with E-state index in [-0.39, 0.29) is 18.3 Å². The molecule has 1 fully saturated rings. The molecule has 4 rings (SSSR count). The van der Waals surface area contributed by atoms with Crippen molar-refractivity contribution in [3.63, 3.8) is 0 Å². The van der Waals surface area contributed by atoms with Gasteiger partial charge in [-0.05, 0) is 57.0 Å². The zero-order valence-electron chi connectivity index (χ0n) is 16.0. The van der Waals surface area contributed by atoms with Gasteiger partial charge >= 0.3 is 0 Å². The number of nitrogens with one attached hydrogen (secondary N) is 1. The second kappa shape index (κ2) is 7.58. The SMILES string of the molecule is Cc1cc(-c2nnc(-c3ccc(F)cc3)o2)c(C)n1CC(=O)NC1CCCC1. The third kappa shape index (κ3) is 3.69. The van der Waals surface area contributed by atoms with E-state index < -0.39 is 0 Å². The van der Waals surface area contributed by atoms with Crippen LogP contribution in [0, 0.1) is 19.7 Å². The van der Waals surface area contributed by atoms with Crippen LogP contribution in [0.4, 0.5) is 4.39 Å². The Morgan fingerprint density at radius 1 is 1.18 bits per heavy atom. The minimum absolute atomic E-state index is 0.0257. The number of hydrogen-bond acceptors (Lipinski definition) is 4. The van der Waals surface area contributed by atoms with Crippen LogP contribution in [0.5, 0.6) is 0 Å². The van der Waals surface area contributed by atoms with Crippen LogP contribution in [0.15, 0.2) is 34.7 Å². The Hall–Kier alpha value is -2.96. The van der Waals surface area contributed by atoms with Gasteiger partial charge in [0.25, 0.3) is 0 Å². The van der Waals surface area contributed by atoms with Crippen molar-refractivity contribution in [1.82, 2.24) is 20.1 Å². The quantitative estimate of drug-likeness (QED) is 0.723. The van der Waals surface area contributed by atoms with E-state index in [1.165, 1.54) is 25.0 Å². The monoisotopic (exact) mass is 382 g/mol. The second-order valence-corrected chi connectivity index (χ2v) is 7.34. The average molecular weight is 382 g/mol. The molecule has 0 atom stereocenters. The van der Waals surface area contributed by atoms with Crippen LogP contribution in [0.2, 0.25) is 0 Å². The zero-order valence-corrected chi connectivity index (χ0v) is 16.0. The van der Waals surface area contributed by atoms with Gasteiger partial charge in [0.15, 0.2) is 0 Å². The fourth-order valence-electron chi connectivity index (χ4n) is 3.79. The molecule has 0 radical (unpaired) electrons. The van der Waals surface area contributed by atoms with Gasteiger partial charge in [-0.25, -0.2) is 4.39 Å². The van der Waals surface area contributed by atoms with E-state index in [0.29, 0.717) is 23.4 Å². The van der Waals surface area contributed by atoms with Crippen LogP contribution in [0.25, 0.3) is 22.9 Å². The Morgan fingerprint density at radius 2 is 1.86 bits per heavy atom. The number of carbonyl (C=O) groups is 1. The predicted octanol–water partition coefficient (Wildman–Crippen LogP) is 4.02. The molecular weight excluding hydrogens is 359 g/mol. The molecule has 0 unspecified atom stereocenters. The summed E-state index contributed by atoms with van der Waals surface area (Å²) in [5.74, 6) is 0.425. The average Bonchev–Trinajstić information content (AvgIpc) is 3.40. The Kier molecular flexibility index (Phi) is 4.98. The number of benzene rings is 1. The highest BCUT2D eigenvalue weighted by Crippen LogP contribution is 2.29. The topological polar surface area (TPSA) is 73.0 Å². The summed E-state index contributed by atoms with van der Waals surface area (Å²) in [4.78, 5) is 12.4. The standard InChI is InChI=1S/C21H23FN4O2/c1-13-11-18(14(2)26(13)12-19(27)23-17-5-3-4-6-17)21-25-24-20(28-21)15-7-9-16(22)10-8-15/h7-11,17H,3-6,12H2,1-2H3,(H,23,27). The van der Waals surface area contributed by atoms with Gasteiger partial charge in [-0.15, -0.1) is 10.2 Å². The third-order valence-corrected chi connectivity index (χ3v) is 5.34. The van der Waals surface area contributed by atoms with Gasteiger partial charge in [-0.1, -0.05) is 12.8 Å². The number of amides is 1. The van der Waals surface area contributed by atoms with Crippen molar-refractivity contribution >= 4 is 5.91 Å². The smallest absolute Gasteiger partial charge is 0.249 e. The molecule has 28 heavy (non-hydrogen) atoms. The molecule has 1 aliphatic rings. The molecule has 1 amide bonds. The molecule has 2 heterocycles. The van der Waals surface area contributed by atoms with Gasteiger partial charge in [0.1, 0.15) is 12.4 Å². The van der Waals surface area contributed by atoms with E-state index in [9.17, 15) is 9.18 Å². The van der Waals surface area contributed by atoms with Crippen LogP contribution in [0.3, 0.4) is 0 Å². The summed E-state index contributed by atoms with van der Waals surface area (Å²) >= 11 is 0. The van der Waals surface area contributed by atoms with Crippen molar-refractivity contribution in [2.45, 2.75) is 52.1 Å². The molecule has 0 saturated heterocycles. The van der Waals surface area contributed by atoms with E-state index in [1.807, 2.05) is 24.5 Å². The minimum Gasteiger partial charge on any atom is -0.416 e. The molecule has 0 spiro atoms. The third-order valence-electron chi connectivity index (χ3n) is 5.34. The van der Waals surface area contributed by atoms with E-state index in [2.05, 4.69) is 15.5 Å². The van der Waals surface area contributed by atoms with Crippen molar-refractivity contribution in [3.8, 4) is 22.9 Å². The first-order valence-corrected chi connectivity index (χ1v) is 9.57. The lowest BCUT2D eigenvalue weighted by Gasteiger charge is -2.14. The number of nitrogens with zero attached hydrogens (tertiary/aromatic N) is 3. The van der Waals surface area contributed by atoms with Gasteiger partial charge in [0.2, 0.25) is 17.7 Å². The van der Waals surface area contributed by atoms with E-state index in [0.717, 1.165) is 29.8 Å². The normalized spacial score (nSPS) is 14.5. The van der Waals surface area contributed by atoms with Crippen LogP contribution in [0.1, 0.15) is 37.1 Å². The Balaban J connectivity index is 1.54. The Morgan fingerprint density at radius 3 is 2.57 bits per heavy atom. The van der Waals surface area contributed by atoms with E-state index in [1.54, 1.807) is 12.1 Å². The summed E-state index contributed by atoms with van der Waals surface area (Å²) in [5, 5.41) is 11.3. The molecule has 7 heteroatoms. The molecule has 0 bridgehead atoms. The highest BCUT2D eigenvalue weighted by Gasteiger charge is 2.21. The molecule has 6 nitrogen and oxygen atoms in total. The van der Waals surface area contributed by atoms with E-state index >= 15 is 0 Å². The van der Waals surface area contributed by atoms with Crippen molar-refractivity contribution in [1.29, 1.82) is 0 Å². The van der Waals surface area contributed by atoms with Gasteiger partial charge in [0, 0.05) is 23.0 Å². The first-order valence-electron chi connectivity index (χ1n) is 9.57. The van der Waals surface area contributed by atoms with Gasteiger partial charge in [0.05, 0.1) is 5.56 Å². The van der Waals surface area contributed by atoms with Crippen LogP contribution in [-0.4, -0.2) is 26.7 Å². The second-order valence-electron chi connectivity index (χ2n) is 7.34. The molecule has 1 N–H and O–H groups in total. The van der Waals surface area contributed by atoms with Crippen molar-refractivity contribution < 1.29 is 13.6 Å². The number of aromatic nitrogens is 3. The Bertz CT molecular complexity index is 985. The van der Waals surface area contributed by atoms with Crippen LogP contribution in [-0.2, 0) is 11.3 Å². The molecule has 146 valence electrons. The maximum atomic E-state index is 13.1. The summed E-state index contributed by atoms with van der Waals surface area (Å²) in [6.45, 7) is 4.16. The fourth-order valence-corrected chi connectivity index (χ4v) is 3.79. The van der Waals surface area contributed by atoms with Crippen LogP contribution < -0.4 is 5.32 Å². The van der Waals surface area contributed by atoms with E-state index in [4.69, 9.17) is 4.42 Å². The van der Waals surface area contributed by atoms with Gasteiger partial charge in [-0.2, -0.15) is 0 Å². The molecule has 1 aromatic carbocycles. The summed E-state index contributed by atoms with van der Waals surface area (Å²) in [7, 11) is 0. The molecule has 3 aromatic rings. The number of halogens is 1. The lowest BCUT2D eigenvalue weighted by Crippen LogP contribution is -2.35. The van der Waals surface area contributed by atoms with Crippen molar-refractivity contribution in [2.75, 3.05) is 0 Å². The highest BCUT2D eigenvalue weighted by atomic mass is 19.1. The zero-order chi connectivity index (χ0) is 19.7. The minimum atomic E-state index is -0.317. The van der Waals surface area contributed by atoms with Crippen LogP contribution >= 0.6 is 0 Å². The number of rotatable bonds is 5. The maximum Gasteiger partial charge on any atom is 0.249 e. The van der Waals surface area contributed by atoms with Gasteiger partial charge in [-0.3, -0.25) is 4.79 Å². The van der Waals surface area contributed by atoms with Crippen molar-refractivity contribution in [3.05, 3.63) is 47.5 Å². The molecule has 1 saturated carbocycles. The lowest BCUT2D eigenvalue weighted by atomic mass is 10.2. The first kappa shape index (κ1) is 18.4. The molecule has 2 aromatic heterocycles. The highest BCUT2D eigenvalue weighted by molar-refractivity contribution is 5.77. The molecule has 1 aliphatic carbocycles. The summed E-state index contributed by atoms with van der Waals surface area (Å²) in [5.41, 5.74) is 3.31. The molecular formula is C21H23FN4O2. The summed E-state index contributed by atoms with van der Waals surface area (Å²) < 4.78 is 20.9. The lowest BCUT2D eigenvalue weighted by molar-refractivity contribution is -0.122. The maximum absolute atomic E-state index is 13.1.